The van der Waals surface area contributed by atoms with E-state index in [1.54, 1.807) is 59.4 Å². The smallest absolute Gasteiger partial charge is 0.314 e. The van der Waals surface area contributed by atoms with Gasteiger partial charge in [-0.05, 0) is 23.3 Å². The summed E-state index contributed by atoms with van der Waals surface area (Å²) in [7, 11) is 1.76. The van der Waals surface area contributed by atoms with Crippen molar-refractivity contribution in [1.29, 1.82) is 0 Å². The molecule has 0 bridgehead atoms. The second-order valence-corrected chi connectivity index (χ2v) is 7.80. The number of benzene rings is 2. The Hall–Kier alpha value is -3.92. The summed E-state index contributed by atoms with van der Waals surface area (Å²) in [5.74, 6) is -1.17. The minimum atomic E-state index is -2.88. The van der Waals surface area contributed by atoms with Crippen LogP contribution in [0.3, 0.4) is 0 Å². The van der Waals surface area contributed by atoms with E-state index in [0.29, 0.717) is 22.3 Å². The summed E-state index contributed by atoms with van der Waals surface area (Å²) >= 11 is 0. The summed E-state index contributed by atoms with van der Waals surface area (Å²) in [5, 5.41) is 22.5. The van der Waals surface area contributed by atoms with Gasteiger partial charge in [0.25, 0.3) is 11.8 Å². The fraction of sp³-hybridized carbons (Fsp3) is 0.217. The van der Waals surface area contributed by atoms with Crippen LogP contribution in [0.1, 0.15) is 51.5 Å². The number of aromatic nitrogens is 4. The van der Waals surface area contributed by atoms with Gasteiger partial charge in [0.15, 0.2) is 0 Å². The van der Waals surface area contributed by atoms with Crippen LogP contribution in [0.15, 0.2) is 65.3 Å². The molecule has 10 heteroatoms. The molecule has 4 aromatic rings. The van der Waals surface area contributed by atoms with Crippen LogP contribution in [0.25, 0.3) is 11.5 Å². The standard InChI is InChI=1S/C23H19F2N5O3/c1-29-11-16(10-26-29)18(19(31)13-5-3-2-4-6-13)30-12-15-8-7-14(9-17(15)23(30)32)21-27-28-22(33-21)20(24)25/h2-11,18-20,31H,12H2,1H3/t18-,19+/m1/s1. The lowest BCUT2D eigenvalue weighted by atomic mass is 9.96. The predicted octanol–water partition coefficient (Wildman–Crippen LogP) is 3.84. The molecule has 0 spiro atoms. The number of aliphatic hydroxyl groups is 1. The van der Waals surface area contributed by atoms with Crippen molar-refractivity contribution in [2.75, 3.05) is 0 Å². The number of hydrogen-bond donors (Lipinski definition) is 1. The van der Waals surface area contributed by atoms with Crippen molar-refractivity contribution in [3.63, 3.8) is 0 Å². The van der Waals surface area contributed by atoms with Crippen LogP contribution >= 0.6 is 0 Å². The van der Waals surface area contributed by atoms with Crippen LogP contribution < -0.4 is 0 Å². The summed E-state index contributed by atoms with van der Waals surface area (Å²) in [6.07, 6.45) is -0.471. The van der Waals surface area contributed by atoms with Gasteiger partial charge in [0.1, 0.15) is 6.10 Å². The molecule has 0 aliphatic carbocycles. The summed E-state index contributed by atoms with van der Waals surface area (Å²) in [6.45, 7) is 0.268. The first kappa shape index (κ1) is 21.0. The largest absolute Gasteiger partial charge is 0.415 e. The van der Waals surface area contributed by atoms with Crippen molar-refractivity contribution in [3.05, 3.63) is 89.1 Å². The fourth-order valence-electron chi connectivity index (χ4n) is 4.08. The number of fused-ring (bicyclic) bond motifs is 1. The Balaban J connectivity index is 1.50. The Kier molecular flexibility index (Phi) is 5.21. The molecule has 0 fully saturated rings. The van der Waals surface area contributed by atoms with Gasteiger partial charge < -0.3 is 14.4 Å². The average Bonchev–Trinajstić information content (AvgIpc) is 3.55. The van der Waals surface area contributed by atoms with Crippen LogP contribution in [0, 0.1) is 0 Å². The SMILES string of the molecule is Cn1cc([C@H]([C@@H](O)c2ccccc2)N2Cc3ccc(-c4nnc(C(F)F)o4)cc3C2=O)cn1. The number of halogens is 2. The number of nitrogens with zero attached hydrogens (tertiary/aromatic N) is 5. The maximum Gasteiger partial charge on any atom is 0.314 e. The van der Waals surface area contributed by atoms with Gasteiger partial charge in [-0.2, -0.15) is 13.9 Å². The van der Waals surface area contributed by atoms with Gasteiger partial charge in [-0.15, -0.1) is 10.2 Å². The summed E-state index contributed by atoms with van der Waals surface area (Å²) in [6, 6.07) is 13.3. The van der Waals surface area contributed by atoms with Crippen molar-refractivity contribution < 1.29 is 23.1 Å². The highest BCUT2D eigenvalue weighted by molar-refractivity contribution is 5.99. The lowest BCUT2D eigenvalue weighted by molar-refractivity contribution is 0.0360. The van der Waals surface area contributed by atoms with Crippen LogP contribution in [0.5, 0.6) is 0 Å². The van der Waals surface area contributed by atoms with E-state index in [0.717, 1.165) is 5.56 Å². The minimum Gasteiger partial charge on any atom is -0.415 e. The molecule has 8 nitrogen and oxygen atoms in total. The van der Waals surface area contributed by atoms with E-state index in [9.17, 15) is 18.7 Å². The van der Waals surface area contributed by atoms with Crippen molar-refractivity contribution in [1.82, 2.24) is 24.9 Å². The lowest BCUT2D eigenvalue weighted by Crippen LogP contribution is -2.33. The first-order valence-corrected chi connectivity index (χ1v) is 10.2. The summed E-state index contributed by atoms with van der Waals surface area (Å²) in [5.41, 5.74) is 2.85. The van der Waals surface area contributed by atoms with Gasteiger partial charge in [0, 0.05) is 36.5 Å². The zero-order chi connectivity index (χ0) is 23.1. The van der Waals surface area contributed by atoms with Crippen molar-refractivity contribution in [3.8, 4) is 11.5 Å². The molecule has 168 valence electrons. The van der Waals surface area contributed by atoms with E-state index in [1.165, 1.54) is 0 Å². The first-order chi connectivity index (χ1) is 15.9. The van der Waals surface area contributed by atoms with Crippen molar-refractivity contribution in [2.45, 2.75) is 25.1 Å². The molecule has 1 N–H and O–H groups in total. The lowest BCUT2D eigenvalue weighted by Gasteiger charge is -2.31. The summed E-state index contributed by atoms with van der Waals surface area (Å²) < 4.78 is 32.3. The Morgan fingerprint density at radius 2 is 1.88 bits per heavy atom. The number of rotatable bonds is 6. The van der Waals surface area contributed by atoms with Crippen molar-refractivity contribution in [2.24, 2.45) is 7.05 Å². The Labute approximate surface area is 187 Å². The Morgan fingerprint density at radius 1 is 1.09 bits per heavy atom. The van der Waals surface area contributed by atoms with Gasteiger partial charge in [0.05, 0.1) is 12.2 Å². The molecule has 1 aliphatic rings. The molecule has 1 amide bonds. The van der Waals surface area contributed by atoms with Gasteiger partial charge in [-0.1, -0.05) is 36.4 Å². The second-order valence-electron chi connectivity index (χ2n) is 7.80. The fourth-order valence-corrected chi connectivity index (χ4v) is 4.08. The molecule has 2 aromatic heterocycles. The number of aliphatic hydroxyl groups excluding tert-OH is 1. The minimum absolute atomic E-state index is 0.0903. The number of carbonyl (C=O) groups excluding carboxylic acids is 1. The van der Waals surface area contributed by atoms with E-state index in [4.69, 9.17) is 4.42 Å². The van der Waals surface area contributed by atoms with Gasteiger partial charge >= 0.3 is 6.43 Å². The zero-order valence-corrected chi connectivity index (χ0v) is 17.5. The number of amides is 1. The van der Waals surface area contributed by atoms with Gasteiger partial charge in [-0.3, -0.25) is 9.48 Å². The van der Waals surface area contributed by atoms with Gasteiger partial charge in [0.2, 0.25) is 5.89 Å². The third-order valence-corrected chi connectivity index (χ3v) is 5.66. The van der Waals surface area contributed by atoms with E-state index in [1.807, 2.05) is 18.2 Å². The molecule has 3 heterocycles. The highest BCUT2D eigenvalue weighted by Crippen LogP contribution is 2.40. The quantitative estimate of drug-likeness (QED) is 0.479. The third kappa shape index (κ3) is 3.78. The van der Waals surface area contributed by atoms with Crippen molar-refractivity contribution >= 4 is 5.91 Å². The van der Waals surface area contributed by atoms with E-state index in [2.05, 4.69) is 15.3 Å². The normalized spacial score (nSPS) is 15.2. The van der Waals surface area contributed by atoms with E-state index < -0.39 is 24.5 Å². The van der Waals surface area contributed by atoms with E-state index in [-0.39, 0.29) is 18.3 Å². The molecule has 5 rings (SSSR count). The maximum atomic E-state index is 13.5. The Bertz CT molecular complexity index is 1300. The van der Waals surface area contributed by atoms with E-state index >= 15 is 0 Å². The second kappa shape index (κ2) is 8.21. The molecule has 0 unspecified atom stereocenters. The van der Waals surface area contributed by atoms with Crippen LogP contribution in [-0.4, -0.2) is 35.9 Å². The molecule has 1 aliphatic heterocycles. The highest BCUT2D eigenvalue weighted by Gasteiger charge is 2.38. The molecule has 0 saturated carbocycles. The monoisotopic (exact) mass is 451 g/mol. The molecule has 0 radical (unpaired) electrons. The summed E-state index contributed by atoms with van der Waals surface area (Å²) in [4.78, 5) is 15.0. The van der Waals surface area contributed by atoms with Crippen LogP contribution in [0.4, 0.5) is 8.78 Å². The zero-order valence-electron chi connectivity index (χ0n) is 17.5. The van der Waals surface area contributed by atoms with Crippen LogP contribution in [0.2, 0.25) is 0 Å². The highest BCUT2D eigenvalue weighted by atomic mass is 19.3. The first-order valence-electron chi connectivity index (χ1n) is 10.2. The maximum absolute atomic E-state index is 13.5. The molecule has 33 heavy (non-hydrogen) atoms. The Morgan fingerprint density at radius 3 is 2.55 bits per heavy atom. The predicted molar refractivity (Wildman–Crippen MR) is 112 cm³/mol. The molecule has 0 saturated heterocycles. The molecular formula is C23H19F2N5O3. The van der Waals surface area contributed by atoms with Gasteiger partial charge in [-0.25, -0.2) is 0 Å². The number of hydrogen-bond acceptors (Lipinski definition) is 6. The molecular weight excluding hydrogens is 432 g/mol. The third-order valence-electron chi connectivity index (χ3n) is 5.66. The number of carbonyl (C=O) groups is 1. The number of alkyl halides is 2. The number of aryl methyl sites for hydroxylation is 1. The van der Waals surface area contributed by atoms with Crippen LogP contribution in [-0.2, 0) is 13.6 Å². The topological polar surface area (TPSA) is 97.3 Å². The molecule has 2 aromatic carbocycles. The molecule has 2 atom stereocenters. The average molecular weight is 451 g/mol.